The van der Waals surface area contributed by atoms with Crippen LogP contribution < -0.4 is 15.4 Å². The van der Waals surface area contributed by atoms with Crippen molar-refractivity contribution < 1.29 is 13.9 Å². The van der Waals surface area contributed by atoms with Crippen LogP contribution in [0.4, 0.5) is 4.39 Å². The molecule has 1 rings (SSSR count). The topological polar surface area (TPSA) is 54.9 Å². The maximum atomic E-state index is 13.2. The fraction of sp³-hybridized carbons (Fsp3) is 0.562. The van der Waals surface area contributed by atoms with Gasteiger partial charge in [-0.1, -0.05) is 13.0 Å². The molecule has 23 heavy (non-hydrogen) atoms. The van der Waals surface area contributed by atoms with Crippen LogP contribution in [0.1, 0.15) is 19.8 Å². The zero-order valence-electron chi connectivity index (χ0n) is 14.0. The van der Waals surface area contributed by atoms with E-state index in [1.807, 2.05) is 6.92 Å². The quantitative estimate of drug-likeness (QED) is 0.269. The lowest BCUT2D eigenvalue weighted by Gasteiger charge is -2.20. The third-order valence-corrected chi connectivity index (χ3v) is 3.09. The molecule has 1 unspecified atom stereocenters. The fourth-order valence-corrected chi connectivity index (χ4v) is 1.86. The molecule has 1 atom stereocenters. The number of nitrogens with one attached hydrogen (secondary N) is 2. The molecule has 0 bridgehead atoms. The summed E-state index contributed by atoms with van der Waals surface area (Å²) in [6.45, 7) is 4.12. The van der Waals surface area contributed by atoms with Crippen LogP contribution in [0.25, 0.3) is 0 Å². The largest absolute Gasteiger partial charge is 0.489 e. The Morgan fingerprint density at radius 1 is 1.35 bits per heavy atom. The molecule has 0 aliphatic heterocycles. The second-order valence-corrected chi connectivity index (χ2v) is 4.83. The van der Waals surface area contributed by atoms with Crippen LogP contribution >= 0.6 is 24.0 Å². The number of halogens is 2. The van der Waals surface area contributed by atoms with E-state index in [0.29, 0.717) is 18.9 Å². The standard InChI is InChI=1S/C16H26FN3O2.HI/c1-4-14(22-15-8-5-7-13(17)11-15)12-20-16(18-2)19-9-6-10-21-3;/h5,7-8,11,14H,4,6,9-10,12H2,1-3H3,(H2,18,19,20);1H. The fourth-order valence-electron chi connectivity index (χ4n) is 1.86. The smallest absolute Gasteiger partial charge is 0.191 e. The molecule has 1 aromatic carbocycles. The zero-order chi connectivity index (χ0) is 16.2. The Morgan fingerprint density at radius 3 is 2.74 bits per heavy atom. The van der Waals surface area contributed by atoms with Crippen molar-refractivity contribution in [2.75, 3.05) is 33.9 Å². The van der Waals surface area contributed by atoms with Crippen LogP contribution in [0.3, 0.4) is 0 Å². The Morgan fingerprint density at radius 2 is 2.13 bits per heavy atom. The Bertz CT molecular complexity index is 461. The summed E-state index contributed by atoms with van der Waals surface area (Å²) in [7, 11) is 3.41. The van der Waals surface area contributed by atoms with Gasteiger partial charge in [-0.15, -0.1) is 24.0 Å². The molecule has 7 heteroatoms. The molecule has 0 saturated carbocycles. The minimum atomic E-state index is -0.295. The molecule has 0 aliphatic rings. The molecular formula is C16H27FIN3O2. The molecule has 0 amide bonds. The van der Waals surface area contributed by atoms with E-state index in [2.05, 4.69) is 15.6 Å². The predicted molar refractivity (Wildman–Crippen MR) is 102 cm³/mol. The summed E-state index contributed by atoms with van der Waals surface area (Å²) >= 11 is 0. The van der Waals surface area contributed by atoms with Gasteiger partial charge in [-0.3, -0.25) is 4.99 Å². The van der Waals surface area contributed by atoms with Crippen molar-refractivity contribution in [3.05, 3.63) is 30.1 Å². The lowest BCUT2D eigenvalue weighted by Crippen LogP contribution is -2.42. The van der Waals surface area contributed by atoms with Crippen LogP contribution in [-0.4, -0.2) is 45.9 Å². The summed E-state index contributed by atoms with van der Waals surface area (Å²) in [6, 6.07) is 6.18. The van der Waals surface area contributed by atoms with Crippen molar-refractivity contribution in [3.8, 4) is 5.75 Å². The monoisotopic (exact) mass is 439 g/mol. The summed E-state index contributed by atoms with van der Waals surface area (Å²) in [4.78, 5) is 4.15. The highest BCUT2D eigenvalue weighted by Gasteiger charge is 2.09. The summed E-state index contributed by atoms with van der Waals surface area (Å²) < 4.78 is 23.9. The van der Waals surface area contributed by atoms with E-state index in [0.717, 1.165) is 25.3 Å². The van der Waals surface area contributed by atoms with E-state index >= 15 is 0 Å². The molecule has 1 aromatic rings. The van der Waals surface area contributed by atoms with Gasteiger partial charge in [-0.2, -0.15) is 0 Å². The second kappa shape index (κ2) is 13.4. The van der Waals surface area contributed by atoms with Crippen LogP contribution in [0.15, 0.2) is 29.3 Å². The van der Waals surface area contributed by atoms with Gasteiger partial charge in [-0.25, -0.2) is 4.39 Å². The maximum absolute atomic E-state index is 13.2. The van der Waals surface area contributed by atoms with Gasteiger partial charge in [0, 0.05) is 33.4 Å². The third kappa shape index (κ3) is 9.60. The highest BCUT2D eigenvalue weighted by molar-refractivity contribution is 14.0. The van der Waals surface area contributed by atoms with Crippen LogP contribution in [0.5, 0.6) is 5.75 Å². The highest BCUT2D eigenvalue weighted by atomic mass is 127. The Kier molecular flexibility index (Phi) is 12.7. The lowest BCUT2D eigenvalue weighted by atomic mass is 10.2. The minimum Gasteiger partial charge on any atom is -0.489 e. The van der Waals surface area contributed by atoms with E-state index in [9.17, 15) is 4.39 Å². The first-order chi connectivity index (χ1) is 10.7. The number of rotatable bonds is 9. The van der Waals surface area contributed by atoms with Crippen LogP contribution in [-0.2, 0) is 4.74 Å². The predicted octanol–water partition coefficient (Wildman–Crippen LogP) is 2.80. The molecule has 0 aliphatic carbocycles. The number of nitrogens with zero attached hydrogens (tertiary/aromatic N) is 1. The van der Waals surface area contributed by atoms with Gasteiger partial charge in [-0.05, 0) is 25.0 Å². The second-order valence-electron chi connectivity index (χ2n) is 4.83. The number of ether oxygens (including phenoxy) is 2. The summed E-state index contributed by atoms with van der Waals surface area (Å²) in [6.07, 6.45) is 1.66. The molecule has 0 heterocycles. The molecule has 2 N–H and O–H groups in total. The number of hydrogen-bond acceptors (Lipinski definition) is 3. The zero-order valence-corrected chi connectivity index (χ0v) is 16.3. The van der Waals surface area contributed by atoms with Gasteiger partial charge in [0.25, 0.3) is 0 Å². The molecule has 0 radical (unpaired) electrons. The van der Waals surface area contributed by atoms with E-state index in [4.69, 9.17) is 9.47 Å². The van der Waals surface area contributed by atoms with E-state index in [1.54, 1.807) is 26.3 Å². The van der Waals surface area contributed by atoms with Crippen LogP contribution in [0, 0.1) is 5.82 Å². The summed E-state index contributed by atoms with van der Waals surface area (Å²) in [5.41, 5.74) is 0. The highest BCUT2D eigenvalue weighted by Crippen LogP contribution is 2.14. The van der Waals surface area contributed by atoms with E-state index in [1.165, 1.54) is 12.1 Å². The SMILES string of the molecule is CCC(CNC(=NC)NCCCOC)Oc1cccc(F)c1.I. The minimum absolute atomic E-state index is 0. The normalized spacial score (nSPS) is 12.3. The number of benzene rings is 1. The molecular weight excluding hydrogens is 412 g/mol. The average Bonchev–Trinajstić information content (AvgIpc) is 2.53. The Balaban J connectivity index is 0.00000484. The number of hydrogen-bond donors (Lipinski definition) is 2. The number of guanidine groups is 1. The molecule has 0 saturated heterocycles. The van der Waals surface area contributed by atoms with Gasteiger partial charge in [0.05, 0.1) is 6.54 Å². The first-order valence-corrected chi connectivity index (χ1v) is 7.55. The van der Waals surface area contributed by atoms with Crippen molar-refractivity contribution in [2.45, 2.75) is 25.9 Å². The third-order valence-electron chi connectivity index (χ3n) is 3.09. The molecule has 0 aromatic heterocycles. The number of aliphatic imine (C=N–C) groups is 1. The van der Waals surface area contributed by atoms with Gasteiger partial charge < -0.3 is 20.1 Å². The van der Waals surface area contributed by atoms with Crippen molar-refractivity contribution in [3.63, 3.8) is 0 Å². The van der Waals surface area contributed by atoms with Gasteiger partial charge in [0.1, 0.15) is 17.7 Å². The van der Waals surface area contributed by atoms with Crippen molar-refractivity contribution in [2.24, 2.45) is 4.99 Å². The molecule has 132 valence electrons. The van der Waals surface area contributed by atoms with Crippen LogP contribution in [0.2, 0.25) is 0 Å². The van der Waals surface area contributed by atoms with Crippen molar-refractivity contribution >= 4 is 29.9 Å². The van der Waals surface area contributed by atoms with E-state index < -0.39 is 0 Å². The van der Waals surface area contributed by atoms with Crippen molar-refractivity contribution in [1.29, 1.82) is 0 Å². The van der Waals surface area contributed by atoms with Gasteiger partial charge >= 0.3 is 0 Å². The summed E-state index contributed by atoms with van der Waals surface area (Å²) in [5, 5.41) is 6.41. The number of methoxy groups -OCH3 is 1. The first kappa shape index (κ1) is 21.9. The van der Waals surface area contributed by atoms with E-state index in [-0.39, 0.29) is 35.9 Å². The molecule has 0 spiro atoms. The maximum Gasteiger partial charge on any atom is 0.191 e. The molecule has 0 fully saturated rings. The summed E-state index contributed by atoms with van der Waals surface area (Å²) in [5.74, 6) is 0.963. The Labute approximate surface area is 155 Å². The Hall–Kier alpha value is -1.09. The van der Waals surface area contributed by atoms with Crippen molar-refractivity contribution in [1.82, 2.24) is 10.6 Å². The lowest BCUT2D eigenvalue weighted by molar-refractivity contribution is 0.194. The average molecular weight is 439 g/mol. The first-order valence-electron chi connectivity index (χ1n) is 7.55. The van der Waals surface area contributed by atoms with Gasteiger partial charge in [0.2, 0.25) is 0 Å². The molecule has 5 nitrogen and oxygen atoms in total. The van der Waals surface area contributed by atoms with Gasteiger partial charge in [0.15, 0.2) is 5.96 Å².